The lowest BCUT2D eigenvalue weighted by Crippen LogP contribution is -2.36. The minimum Gasteiger partial charge on any atom is -0.461 e. The predicted octanol–water partition coefficient (Wildman–Crippen LogP) is 17.5. The first-order chi connectivity index (χ1) is 35.2. The van der Waals surface area contributed by atoms with Crippen LogP contribution in [0.15, 0.2) is 248 Å². The van der Waals surface area contributed by atoms with Crippen molar-refractivity contribution in [2.45, 2.75) is 36.5 Å². The van der Waals surface area contributed by atoms with Crippen molar-refractivity contribution in [1.29, 1.82) is 0 Å². The summed E-state index contributed by atoms with van der Waals surface area (Å²) >= 11 is 0. The van der Waals surface area contributed by atoms with Crippen LogP contribution in [0, 0.1) is 0 Å². The molecule has 0 aromatic heterocycles. The molecule has 3 heteroatoms. The molecule has 0 bridgehead atoms. The summed E-state index contributed by atoms with van der Waals surface area (Å²) in [5.74, 6) is 3.88. The third-order valence-corrected chi connectivity index (χ3v) is 16.2. The molecule has 3 aliphatic carbocycles. The molecule has 2 aliphatic heterocycles. The van der Waals surface area contributed by atoms with Crippen LogP contribution in [0.4, 0.5) is 17.1 Å². The van der Waals surface area contributed by atoms with Gasteiger partial charge in [0.15, 0.2) is 0 Å². The summed E-state index contributed by atoms with van der Waals surface area (Å²) in [5, 5.41) is 0. The zero-order valence-electron chi connectivity index (χ0n) is 39.1. The van der Waals surface area contributed by atoms with Gasteiger partial charge in [0, 0.05) is 40.0 Å². The average molecular weight is 910 g/mol. The molecule has 1 atom stereocenters. The van der Waals surface area contributed by atoms with Gasteiger partial charge in [-0.25, -0.2) is 0 Å². The molecular formula is C68H47NO2. The molecule has 0 amide bonds. The number of hydrogen-bond donors (Lipinski definition) is 0. The largest absolute Gasteiger partial charge is 0.461 e. The Bertz CT molecular complexity index is 3800. The van der Waals surface area contributed by atoms with Crippen LogP contribution in [0.25, 0.3) is 44.5 Å². The number of hydrogen-bond acceptors (Lipinski definition) is 3. The highest BCUT2D eigenvalue weighted by Crippen LogP contribution is 2.66. The monoisotopic (exact) mass is 909 g/mol. The quantitative estimate of drug-likeness (QED) is 0.172. The van der Waals surface area contributed by atoms with E-state index in [1.807, 2.05) is 0 Å². The van der Waals surface area contributed by atoms with Crippen molar-refractivity contribution < 1.29 is 9.47 Å². The Balaban J connectivity index is 0.991. The lowest BCUT2D eigenvalue weighted by Gasteiger charge is -2.43. The summed E-state index contributed by atoms with van der Waals surface area (Å²) in [6.07, 6.45) is 4.22. The van der Waals surface area contributed by atoms with Crippen LogP contribution in [0.1, 0.15) is 64.6 Å². The van der Waals surface area contributed by atoms with Gasteiger partial charge in [0.1, 0.15) is 23.0 Å². The van der Waals surface area contributed by atoms with Crippen molar-refractivity contribution in [1.82, 2.24) is 0 Å². The van der Waals surface area contributed by atoms with Crippen LogP contribution in [-0.2, 0) is 10.8 Å². The molecule has 0 saturated carbocycles. The Morgan fingerprint density at radius 3 is 1.55 bits per heavy atom. The maximum atomic E-state index is 6.90. The summed E-state index contributed by atoms with van der Waals surface area (Å²) in [7, 11) is 0. The minimum absolute atomic E-state index is 0.489. The maximum Gasteiger partial charge on any atom is 0.132 e. The third-order valence-electron chi connectivity index (χ3n) is 16.2. The lowest BCUT2D eigenvalue weighted by molar-refractivity contribution is 0.336. The predicted molar refractivity (Wildman–Crippen MR) is 287 cm³/mol. The molecule has 0 radical (unpaired) electrons. The Labute approximate surface area is 414 Å². The molecule has 3 nitrogen and oxygen atoms in total. The number of ether oxygens (including phenoxy) is 2. The zero-order valence-corrected chi connectivity index (χ0v) is 39.1. The minimum atomic E-state index is -0.605. The fourth-order valence-electron chi connectivity index (χ4n) is 13.4. The topological polar surface area (TPSA) is 21.7 Å². The Kier molecular flexibility index (Phi) is 8.74. The van der Waals surface area contributed by atoms with Crippen molar-refractivity contribution in [2.75, 3.05) is 4.90 Å². The van der Waals surface area contributed by atoms with Gasteiger partial charge in [-0.1, -0.05) is 182 Å². The van der Waals surface area contributed by atoms with Gasteiger partial charge < -0.3 is 14.4 Å². The van der Waals surface area contributed by atoms with Crippen molar-refractivity contribution in [3.05, 3.63) is 287 Å². The number of para-hydroxylation sites is 3. The standard InChI is InChI=1S/C68H47NO2/c1-2-18-44(19-3-1)46-20-16-21-47(42-46)45-36-38-48(39-37-45)69(49-40-41-51-50-22-4-6-24-53(50)68(60(51)43-49)57-28-10-14-34-64(57)71-65-35-15-11-29-58(65)68)61-31-17-30-59-66(61)52-23-5-7-25-54(52)67(59)55-26-8-12-32-62(55)70-63-33-13-9-27-56(63)67/h1-10,12-14,16-28,30-34,36-43H,11,15,29,35H2. The van der Waals surface area contributed by atoms with Crippen molar-refractivity contribution >= 4 is 17.1 Å². The second-order valence-electron chi connectivity index (χ2n) is 19.7. The molecule has 0 saturated heterocycles. The second kappa shape index (κ2) is 15.4. The smallest absolute Gasteiger partial charge is 0.132 e. The van der Waals surface area contributed by atoms with E-state index < -0.39 is 10.8 Å². The van der Waals surface area contributed by atoms with Crippen LogP contribution in [-0.4, -0.2) is 0 Å². The molecule has 336 valence electrons. The fraction of sp³-hybridized carbons (Fsp3) is 0.0882. The summed E-state index contributed by atoms with van der Waals surface area (Å²) in [6, 6.07) is 87.4. The van der Waals surface area contributed by atoms with E-state index in [1.165, 1.54) is 77.9 Å². The van der Waals surface area contributed by atoms with E-state index in [-0.39, 0.29) is 0 Å². The number of anilines is 3. The highest BCUT2D eigenvalue weighted by atomic mass is 16.5. The van der Waals surface area contributed by atoms with Gasteiger partial charge in [-0.15, -0.1) is 0 Å². The molecule has 0 N–H and O–H groups in total. The summed E-state index contributed by atoms with van der Waals surface area (Å²) in [5.41, 5.74) is 22.1. The summed E-state index contributed by atoms with van der Waals surface area (Å²) in [6.45, 7) is 0. The van der Waals surface area contributed by atoms with Crippen LogP contribution in [0.5, 0.6) is 17.2 Å². The highest BCUT2D eigenvalue weighted by Gasteiger charge is 2.54. The van der Waals surface area contributed by atoms with Crippen LogP contribution in [0.3, 0.4) is 0 Å². The Morgan fingerprint density at radius 2 is 0.831 bits per heavy atom. The molecule has 2 heterocycles. The van der Waals surface area contributed by atoms with Crippen LogP contribution in [0.2, 0.25) is 0 Å². The normalized spacial score (nSPS) is 16.8. The number of fused-ring (bicyclic) bond motifs is 17. The Hall–Kier alpha value is -8.66. The first-order valence-electron chi connectivity index (χ1n) is 25.1. The molecule has 71 heavy (non-hydrogen) atoms. The van der Waals surface area contributed by atoms with Gasteiger partial charge in [-0.3, -0.25) is 0 Å². The van der Waals surface area contributed by atoms with Crippen molar-refractivity contribution in [3.63, 3.8) is 0 Å². The van der Waals surface area contributed by atoms with E-state index in [9.17, 15) is 0 Å². The lowest BCUT2D eigenvalue weighted by atomic mass is 9.63. The van der Waals surface area contributed by atoms with E-state index in [0.29, 0.717) is 0 Å². The van der Waals surface area contributed by atoms with Crippen molar-refractivity contribution in [2.24, 2.45) is 0 Å². The van der Waals surface area contributed by atoms with E-state index in [1.54, 1.807) is 0 Å². The number of allylic oxidation sites excluding steroid dienone is 2. The summed E-state index contributed by atoms with van der Waals surface area (Å²) in [4.78, 5) is 2.54. The molecule has 10 aromatic rings. The SMILES string of the molecule is c1ccc(-c2cccc(-c3ccc(N(c4ccc5c(c4)C4(C6=C(CCCC6)Oc6ccccc64)c4ccccc4-5)c4cccc5c4-c4ccccc4C54c5ccccc5Oc5ccccc54)cc3)c2)cc1. The first kappa shape index (κ1) is 40.2. The number of nitrogens with zero attached hydrogens (tertiary/aromatic N) is 1. The molecule has 1 unspecified atom stereocenters. The third kappa shape index (κ3) is 5.60. The first-order valence-corrected chi connectivity index (χ1v) is 25.1. The number of benzene rings is 10. The number of rotatable bonds is 5. The van der Waals surface area contributed by atoms with Gasteiger partial charge in [0.25, 0.3) is 0 Å². The molecule has 2 spiro atoms. The average Bonchev–Trinajstić information content (AvgIpc) is 3.91. The van der Waals surface area contributed by atoms with E-state index in [0.717, 1.165) is 76.9 Å². The van der Waals surface area contributed by atoms with Crippen LogP contribution >= 0.6 is 0 Å². The highest BCUT2D eigenvalue weighted by molar-refractivity contribution is 5.99. The zero-order chi connectivity index (χ0) is 46.7. The van der Waals surface area contributed by atoms with Gasteiger partial charge in [0.05, 0.1) is 16.5 Å². The second-order valence-corrected chi connectivity index (χ2v) is 19.7. The van der Waals surface area contributed by atoms with Crippen molar-refractivity contribution in [3.8, 4) is 61.8 Å². The van der Waals surface area contributed by atoms with E-state index in [2.05, 4.69) is 241 Å². The van der Waals surface area contributed by atoms with Gasteiger partial charge in [-0.05, 0) is 141 Å². The van der Waals surface area contributed by atoms with E-state index in [4.69, 9.17) is 9.47 Å². The maximum absolute atomic E-state index is 6.90. The van der Waals surface area contributed by atoms with Gasteiger partial charge in [0.2, 0.25) is 0 Å². The molecule has 10 aromatic carbocycles. The molecular weight excluding hydrogens is 863 g/mol. The molecule has 0 fully saturated rings. The van der Waals surface area contributed by atoms with Gasteiger partial charge in [-0.2, -0.15) is 0 Å². The molecule has 5 aliphatic rings. The van der Waals surface area contributed by atoms with E-state index >= 15 is 0 Å². The van der Waals surface area contributed by atoms with Crippen LogP contribution < -0.4 is 14.4 Å². The molecule has 15 rings (SSSR count). The van der Waals surface area contributed by atoms with Gasteiger partial charge >= 0.3 is 0 Å². The summed E-state index contributed by atoms with van der Waals surface area (Å²) < 4.78 is 13.7. The Morgan fingerprint density at radius 1 is 0.324 bits per heavy atom. The fourth-order valence-corrected chi connectivity index (χ4v) is 13.4.